The molecule has 1 rings (SSSR count). The van der Waals surface area contributed by atoms with Crippen molar-refractivity contribution >= 4 is 11.8 Å². The topological polar surface area (TPSA) is 52.6 Å². The van der Waals surface area contributed by atoms with Crippen LogP contribution in [0.5, 0.6) is 5.75 Å². The smallest absolute Gasteiger partial charge is 0.316 e. The molecule has 0 aliphatic rings. The average molecular weight is 264 g/mol. The summed E-state index contributed by atoms with van der Waals surface area (Å²) in [7, 11) is 1.54. The van der Waals surface area contributed by atoms with Gasteiger partial charge in [0.15, 0.2) is 5.78 Å². The highest BCUT2D eigenvalue weighted by atomic mass is 16.5. The van der Waals surface area contributed by atoms with Crippen LogP contribution in [0.2, 0.25) is 0 Å². The molecule has 0 aliphatic carbocycles. The van der Waals surface area contributed by atoms with Crippen LogP contribution in [-0.2, 0) is 9.53 Å². The van der Waals surface area contributed by atoms with Crippen molar-refractivity contribution in [1.29, 1.82) is 0 Å². The first-order valence-corrected chi connectivity index (χ1v) is 6.48. The van der Waals surface area contributed by atoms with Crippen LogP contribution in [0, 0.1) is 5.92 Å². The second-order valence-corrected chi connectivity index (χ2v) is 4.19. The summed E-state index contributed by atoms with van der Waals surface area (Å²) >= 11 is 0. The molecule has 0 aromatic heterocycles. The first-order chi connectivity index (χ1) is 9.13. The van der Waals surface area contributed by atoms with Gasteiger partial charge in [0.1, 0.15) is 11.7 Å². The number of benzene rings is 1. The maximum absolute atomic E-state index is 12.4. The third-order valence-corrected chi connectivity index (χ3v) is 2.82. The molecule has 1 aromatic carbocycles. The molecular weight excluding hydrogens is 244 g/mol. The van der Waals surface area contributed by atoms with Gasteiger partial charge in [0.25, 0.3) is 0 Å². The first-order valence-electron chi connectivity index (χ1n) is 6.48. The number of hydrogen-bond acceptors (Lipinski definition) is 4. The van der Waals surface area contributed by atoms with Gasteiger partial charge in [0, 0.05) is 5.56 Å². The van der Waals surface area contributed by atoms with Gasteiger partial charge >= 0.3 is 5.97 Å². The molecule has 1 atom stereocenters. The maximum atomic E-state index is 12.4. The first kappa shape index (κ1) is 15.2. The lowest BCUT2D eigenvalue weighted by Gasteiger charge is -2.14. The molecule has 0 aliphatic heterocycles. The van der Waals surface area contributed by atoms with E-state index in [2.05, 4.69) is 0 Å². The van der Waals surface area contributed by atoms with Gasteiger partial charge in [0.05, 0.1) is 13.7 Å². The number of methoxy groups -OCH3 is 1. The van der Waals surface area contributed by atoms with Crippen molar-refractivity contribution < 1.29 is 19.1 Å². The summed E-state index contributed by atoms with van der Waals surface area (Å²) in [6.07, 6.45) is 1.24. The summed E-state index contributed by atoms with van der Waals surface area (Å²) in [5, 5.41) is 0. The second-order valence-electron chi connectivity index (χ2n) is 4.19. The van der Waals surface area contributed by atoms with Crippen molar-refractivity contribution in [3.8, 4) is 5.75 Å². The Morgan fingerprint density at radius 2 is 2.00 bits per heavy atom. The van der Waals surface area contributed by atoms with Gasteiger partial charge in [-0.05, 0) is 25.5 Å². The summed E-state index contributed by atoms with van der Waals surface area (Å²) in [5.74, 6) is -0.779. The van der Waals surface area contributed by atoms with E-state index in [1.54, 1.807) is 38.3 Å². The monoisotopic (exact) mass is 264 g/mol. The van der Waals surface area contributed by atoms with Crippen molar-refractivity contribution in [2.45, 2.75) is 26.7 Å². The molecular formula is C15H20O4. The van der Waals surface area contributed by atoms with Crippen LogP contribution in [0.15, 0.2) is 24.3 Å². The molecule has 1 unspecified atom stereocenters. The lowest BCUT2D eigenvalue weighted by molar-refractivity contribution is -0.146. The van der Waals surface area contributed by atoms with Crippen LogP contribution in [0.25, 0.3) is 0 Å². The van der Waals surface area contributed by atoms with Crippen molar-refractivity contribution in [2.75, 3.05) is 13.7 Å². The van der Waals surface area contributed by atoms with Crippen molar-refractivity contribution in [1.82, 2.24) is 0 Å². The highest BCUT2D eigenvalue weighted by molar-refractivity contribution is 6.08. The standard InChI is InChI=1S/C15H20O4/c1-4-7-13(15(17)19-5-2)14(16)11-8-6-9-12(10-11)18-3/h6,8-10,13H,4-5,7H2,1-3H3. The molecule has 0 radical (unpaired) electrons. The summed E-state index contributed by atoms with van der Waals surface area (Å²) in [4.78, 5) is 24.2. The summed E-state index contributed by atoms with van der Waals surface area (Å²) in [5.41, 5.74) is 0.478. The third kappa shape index (κ3) is 4.09. The summed E-state index contributed by atoms with van der Waals surface area (Å²) in [6, 6.07) is 6.83. The maximum Gasteiger partial charge on any atom is 0.316 e. The molecule has 0 saturated heterocycles. The fourth-order valence-corrected chi connectivity index (χ4v) is 1.87. The van der Waals surface area contributed by atoms with E-state index >= 15 is 0 Å². The van der Waals surface area contributed by atoms with Crippen molar-refractivity contribution in [3.05, 3.63) is 29.8 Å². The number of carbonyl (C=O) groups is 2. The van der Waals surface area contributed by atoms with Gasteiger partial charge in [-0.1, -0.05) is 25.5 Å². The number of hydrogen-bond donors (Lipinski definition) is 0. The molecule has 0 N–H and O–H groups in total. The summed E-state index contributed by atoms with van der Waals surface area (Å²) < 4.78 is 10.0. The molecule has 0 fully saturated rings. The minimum absolute atomic E-state index is 0.209. The molecule has 19 heavy (non-hydrogen) atoms. The van der Waals surface area contributed by atoms with E-state index in [0.29, 0.717) is 17.7 Å². The lowest BCUT2D eigenvalue weighted by atomic mass is 9.93. The number of ketones is 1. The largest absolute Gasteiger partial charge is 0.497 e. The minimum atomic E-state index is -0.725. The van der Waals surface area contributed by atoms with Crippen LogP contribution >= 0.6 is 0 Å². The molecule has 0 bridgehead atoms. The zero-order valence-corrected chi connectivity index (χ0v) is 11.6. The van der Waals surface area contributed by atoms with Gasteiger partial charge in [-0.3, -0.25) is 9.59 Å². The molecule has 1 aromatic rings. The fraction of sp³-hybridized carbons (Fsp3) is 0.467. The Labute approximate surface area is 113 Å². The Kier molecular flexibility index (Phi) is 6.06. The van der Waals surface area contributed by atoms with Crippen LogP contribution in [0.3, 0.4) is 0 Å². The average Bonchev–Trinajstić information content (AvgIpc) is 2.44. The Morgan fingerprint density at radius 3 is 2.58 bits per heavy atom. The van der Waals surface area contributed by atoms with Crippen LogP contribution in [0.4, 0.5) is 0 Å². The fourth-order valence-electron chi connectivity index (χ4n) is 1.87. The molecule has 0 heterocycles. The number of rotatable bonds is 7. The van der Waals surface area contributed by atoms with Gasteiger partial charge in [-0.25, -0.2) is 0 Å². The van der Waals surface area contributed by atoms with Gasteiger partial charge < -0.3 is 9.47 Å². The van der Waals surface area contributed by atoms with E-state index < -0.39 is 11.9 Å². The van der Waals surface area contributed by atoms with Crippen LogP contribution in [0.1, 0.15) is 37.0 Å². The highest BCUT2D eigenvalue weighted by Crippen LogP contribution is 2.20. The minimum Gasteiger partial charge on any atom is -0.497 e. The number of ether oxygens (including phenoxy) is 2. The SMILES string of the molecule is CCCC(C(=O)OCC)C(=O)c1cccc(OC)c1. The molecule has 104 valence electrons. The van der Waals surface area contributed by atoms with E-state index in [4.69, 9.17) is 9.47 Å². The Balaban J connectivity index is 2.94. The summed E-state index contributed by atoms with van der Waals surface area (Å²) in [6.45, 7) is 3.95. The number of Topliss-reactive ketones (excluding diaryl/α,β-unsaturated/α-hetero) is 1. The highest BCUT2D eigenvalue weighted by Gasteiger charge is 2.28. The predicted octanol–water partition coefficient (Wildman–Crippen LogP) is 2.86. The molecule has 0 amide bonds. The Morgan fingerprint density at radius 1 is 1.26 bits per heavy atom. The van der Waals surface area contributed by atoms with Crippen LogP contribution < -0.4 is 4.74 Å². The molecule has 4 heteroatoms. The van der Waals surface area contributed by atoms with E-state index in [9.17, 15) is 9.59 Å². The Hall–Kier alpha value is -1.84. The van der Waals surface area contributed by atoms with E-state index in [-0.39, 0.29) is 12.4 Å². The van der Waals surface area contributed by atoms with E-state index in [1.807, 2.05) is 6.92 Å². The van der Waals surface area contributed by atoms with Gasteiger partial charge in [-0.2, -0.15) is 0 Å². The van der Waals surface area contributed by atoms with Gasteiger partial charge in [-0.15, -0.1) is 0 Å². The van der Waals surface area contributed by atoms with Crippen LogP contribution in [-0.4, -0.2) is 25.5 Å². The van der Waals surface area contributed by atoms with Gasteiger partial charge in [0.2, 0.25) is 0 Å². The number of esters is 1. The van der Waals surface area contributed by atoms with Crippen molar-refractivity contribution in [3.63, 3.8) is 0 Å². The quantitative estimate of drug-likeness (QED) is 0.431. The van der Waals surface area contributed by atoms with E-state index in [1.165, 1.54) is 0 Å². The molecule has 0 saturated carbocycles. The molecule has 0 spiro atoms. The lowest BCUT2D eigenvalue weighted by Crippen LogP contribution is -2.26. The zero-order chi connectivity index (χ0) is 14.3. The zero-order valence-electron chi connectivity index (χ0n) is 11.6. The number of carbonyl (C=O) groups excluding carboxylic acids is 2. The van der Waals surface area contributed by atoms with Crippen molar-refractivity contribution in [2.24, 2.45) is 5.92 Å². The molecule has 4 nitrogen and oxygen atoms in total. The second kappa shape index (κ2) is 7.56. The van der Waals surface area contributed by atoms with E-state index in [0.717, 1.165) is 6.42 Å². The normalized spacial score (nSPS) is 11.7. The third-order valence-electron chi connectivity index (χ3n) is 2.82. The predicted molar refractivity (Wildman–Crippen MR) is 72.4 cm³/mol. The Bertz CT molecular complexity index is 440.